The standard InChI is InChI=1S/C18H19N3O6/c1-3-27-16-9-4-12(10-15(16)21(24)25)18(23)20-14-7-5-13(6-8-14)19-17(22)11-26-2/h4-10H,3,11H2,1-2H3,(H,19,22)(H,20,23). The number of ether oxygens (including phenoxy) is 2. The molecule has 2 aromatic rings. The van der Waals surface area contributed by atoms with Crippen molar-refractivity contribution < 1.29 is 24.0 Å². The van der Waals surface area contributed by atoms with Gasteiger partial charge in [0, 0.05) is 30.1 Å². The zero-order valence-corrected chi connectivity index (χ0v) is 14.9. The van der Waals surface area contributed by atoms with E-state index in [0.717, 1.165) is 0 Å². The number of carbonyl (C=O) groups excluding carboxylic acids is 2. The van der Waals surface area contributed by atoms with Crippen molar-refractivity contribution in [3.8, 4) is 5.75 Å². The van der Waals surface area contributed by atoms with Crippen molar-refractivity contribution in [3.05, 3.63) is 58.1 Å². The predicted octanol–water partition coefficient (Wildman–Crippen LogP) is 2.83. The first kappa shape index (κ1) is 19.9. The van der Waals surface area contributed by atoms with Crippen LogP contribution in [0.1, 0.15) is 17.3 Å². The number of carbonyl (C=O) groups is 2. The number of amides is 2. The van der Waals surface area contributed by atoms with Crippen LogP contribution in [0.25, 0.3) is 0 Å². The third kappa shape index (κ3) is 5.51. The first-order valence-corrected chi connectivity index (χ1v) is 8.06. The summed E-state index contributed by atoms with van der Waals surface area (Å²) >= 11 is 0. The molecule has 9 heteroatoms. The fraction of sp³-hybridized carbons (Fsp3) is 0.222. The Morgan fingerprint density at radius 3 is 2.26 bits per heavy atom. The number of hydrogen-bond acceptors (Lipinski definition) is 6. The maximum atomic E-state index is 12.3. The lowest BCUT2D eigenvalue weighted by molar-refractivity contribution is -0.385. The molecule has 0 saturated heterocycles. The molecule has 0 saturated carbocycles. The first-order valence-electron chi connectivity index (χ1n) is 8.06. The second-order valence-corrected chi connectivity index (χ2v) is 5.39. The van der Waals surface area contributed by atoms with E-state index in [1.807, 2.05) is 0 Å². The van der Waals surface area contributed by atoms with Crippen molar-refractivity contribution in [1.82, 2.24) is 0 Å². The van der Waals surface area contributed by atoms with E-state index in [-0.39, 0.29) is 36.1 Å². The Kier molecular flexibility index (Phi) is 6.84. The van der Waals surface area contributed by atoms with Crippen LogP contribution in [-0.4, -0.2) is 37.1 Å². The predicted molar refractivity (Wildman–Crippen MR) is 99.2 cm³/mol. The first-order chi connectivity index (χ1) is 12.9. The van der Waals surface area contributed by atoms with Crippen LogP contribution in [0, 0.1) is 10.1 Å². The normalized spacial score (nSPS) is 10.1. The highest BCUT2D eigenvalue weighted by molar-refractivity contribution is 6.05. The van der Waals surface area contributed by atoms with E-state index in [4.69, 9.17) is 9.47 Å². The number of nitrogens with zero attached hydrogens (tertiary/aromatic N) is 1. The molecule has 2 N–H and O–H groups in total. The molecule has 0 bridgehead atoms. The van der Waals surface area contributed by atoms with Crippen molar-refractivity contribution in [2.24, 2.45) is 0 Å². The molecule has 27 heavy (non-hydrogen) atoms. The van der Waals surface area contributed by atoms with Crippen LogP contribution < -0.4 is 15.4 Å². The molecular weight excluding hydrogens is 354 g/mol. The van der Waals surface area contributed by atoms with E-state index >= 15 is 0 Å². The Morgan fingerprint density at radius 1 is 1.07 bits per heavy atom. The van der Waals surface area contributed by atoms with Gasteiger partial charge in [0.15, 0.2) is 5.75 Å². The van der Waals surface area contributed by atoms with E-state index < -0.39 is 10.8 Å². The lowest BCUT2D eigenvalue weighted by Crippen LogP contribution is -2.17. The molecular formula is C18H19N3O6. The third-order valence-electron chi connectivity index (χ3n) is 3.42. The van der Waals surface area contributed by atoms with Gasteiger partial charge in [-0.25, -0.2) is 0 Å². The molecule has 0 aliphatic heterocycles. The van der Waals surface area contributed by atoms with Gasteiger partial charge < -0.3 is 20.1 Å². The van der Waals surface area contributed by atoms with Crippen molar-refractivity contribution in [1.29, 1.82) is 0 Å². The van der Waals surface area contributed by atoms with Crippen LogP contribution in [0.15, 0.2) is 42.5 Å². The quantitative estimate of drug-likeness (QED) is 0.542. The van der Waals surface area contributed by atoms with E-state index in [0.29, 0.717) is 11.4 Å². The zero-order valence-electron chi connectivity index (χ0n) is 14.9. The number of anilines is 2. The number of hydrogen-bond donors (Lipinski definition) is 2. The summed E-state index contributed by atoms with van der Waals surface area (Å²) in [4.78, 5) is 34.3. The monoisotopic (exact) mass is 373 g/mol. The van der Waals surface area contributed by atoms with E-state index in [1.54, 1.807) is 31.2 Å². The summed E-state index contributed by atoms with van der Waals surface area (Å²) in [6.07, 6.45) is 0. The highest BCUT2D eigenvalue weighted by Gasteiger charge is 2.18. The van der Waals surface area contributed by atoms with Crippen LogP contribution in [-0.2, 0) is 9.53 Å². The van der Waals surface area contributed by atoms with Gasteiger partial charge in [0.2, 0.25) is 5.91 Å². The Hall–Kier alpha value is -3.46. The summed E-state index contributed by atoms with van der Waals surface area (Å²) < 4.78 is 9.92. The average molecular weight is 373 g/mol. The highest BCUT2D eigenvalue weighted by Crippen LogP contribution is 2.28. The van der Waals surface area contributed by atoms with Crippen LogP contribution in [0.3, 0.4) is 0 Å². The van der Waals surface area contributed by atoms with E-state index in [9.17, 15) is 19.7 Å². The fourth-order valence-corrected chi connectivity index (χ4v) is 2.25. The maximum absolute atomic E-state index is 12.3. The lowest BCUT2D eigenvalue weighted by Gasteiger charge is -2.09. The second-order valence-electron chi connectivity index (χ2n) is 5.39. The molecule has 0 spiro atoms. The largest absolute Gasteiger partial charge is 0.487 e. The molecule has 2 amide bonds. The molecule has 142 valence electrons. The van der Waals surface area contributed by atoms with Crippen molar-refractivity contribution >= 4 is 28.9 Å². The fourth-order valence-electron chi connectivity index (χ4n) is 2.25. The van der Waals surface area contributed by atoms with Crippen LogP contribution in [0.4, 0.5) is 17.1 Å². The van der Waals surface area contributed by atoms with Gasteiger partial charge >= 0.3 is 5.69 Å². The molecule has 0 fully saturated rings. The van der Waals surface area contributed by atoms with Gasteiger partial charge in [-0.15, -0.1) is 0 Å². The Morgan fingerprint density at radius 2 is 1.70 bits per heavy atom. The molecule has 9 nitrogen and oxygen atoms in total. The molecule has 0 aliphatic carbocycles. The number of nitrogens with one attached hydrogen (secondary N) is 2. The van der Waals surface area contributed by atoms with E-state index in [1.165, 1.54) is 25.3 Å². The van der Waals surface area contributed by atoms with Gasteiger partial charge in [0.1, 0.15) is 6.61 Å². The van der Waals surface area contributed by atoms with Crippen molar-refractivity contribution in [2.45, 2.75) is 6.92 Å². The number of methoxy groups -OCH3 is 1. The Balaban J connectivity index is 2.09. The molecule has 0 aliphatic rings. The molecule has 0 aromatic heterocycles. The molecule has 0 radical (unpaired) electrons. The zero-order chi connectivity index (χ0) is 19.8. The Bertz CT molecular complexity index is 835. The van der Waals surface area contributed by atoms with Crippen LogP contribution in [0.2, 0.25) is 0 Å². The average Bonchev–Trinajstić information content (AvgIpc) is 2.64. The minimum Gasteiger partial charge on any atom is -0.487 e. The summed E-state index contributed by atoms with van der Waals surface area (Å²) in [6.45, 7) is 1.93. The van der Waals surface area contributed by atoms with Gasteiger partial charge in [-0.05, 0) is 43.3 Å². The Labute approximate surface area is 155 Å². The summed E-state index contributed by atoms with van der Waals surface area (Å²) in [5.41, 5.74) is 0.872. The van der Waals surface area contributed by atoms with Gasteiger partial charge in [-0.3, -0.25) is 19.7 Å². The molecule has 0 atom stereocenters. The second kappa shape index (κ2) is 9.30. The molecule has 2 rings (SSSR count). The van der Waals surface area contributed by atoms with Crippen molar-refractivity contribution in [2.75, 3.05) is 31.0 Å². The van der Waals surface area contributed by atoms with Gasteiger partial charge in [0.25, 0.3) is 5.91 Å². The minimum absolute atomic E-state index is 0.0605. The van der Waals surface area contributed by atoms with Gasteiger partial charge in [0.05, 0.1) is 11.5 Å². The van der Waals surface area contributed by atoms with Gasteiger partial charge in [-0.1, -0.05) is 0 Å². The topological polar surface area (TPSA) is 120 Å². The molecule has 0 unspecified atom stereocenters. The minimum atomic E-state index is -0.598. The molecule has 2 aromatic carbocycles. The van der Waals surface area contributed by atoms with E-state index in [2.05, 4.69) is 10.6 Å². The SMILES string of the molecule is CCOc1ccc(C(=O)Nc2ccc(NC(=O)COC)cc2)cc1[N+](=O)[O-]. The maximum Gasteiger partial charge on any atom is 0.311 e. The number of nitro groups is 1. The lowest BCUT2D eigenvalue weighted by atomic mass is 10.1. The highest BCUT2D eigenvalue weighted by atomic mass is 16.6. The summed E-state index contributed by atoms with van der Waals surface area (Å²) in [7, 11) is 1.42. The summed E-state index contributed by atoms with van der Waals surface area (Å²) in [5.74, 6) is -0.691. The number of nitro benzene ring substituents is 1. The van der Waals surface area contributed by atoms with Crippen LogP contribution >= 0.6 is 0 Å². The smallest absolute Gasteiger partial charge is 0.311 e. The summed E-state index contributed by atoms with van der Waals surface area (Å²) in [6, 6.07) is 10.4. The van der Waals surface area contributed by atoms with Gasteiger partial charge in [-0.2, -0.15) is 0 Å². The number of rotatable bonds is 8. The van der Waals surface area contributed by atoms with Crippen LogP contribution in [0.5, 0.6) is 5.75 Å². The molecule has 0 heterocycles. The van der Waals surface area contributed by atoms with Crippen molar-refractivity contribution in [3.63, 3.8) is 0 Å². The summed E-state index contributed by atoms with van der Waals surface area (Å²) in [5, 5.41) is 16.4. The number of benzene rings is 2. The third-order valence-corrected chi connectivity index (χ3v) is 3.42.